The maximum atomic E-state index is 11.5. The second-order valence-electron chi connectivity index (χ2n) is 4.23. The molecule has 0 amide bonds. The molecule has 90 valence electrons. The molecule has 0 aromatic rings. The summed E-state index contributed by atoms with van der Waals surface area (Å²) in [4.78, 5) is 11.5. The highest BCUT2D eigenvalue weighted by Gasteiger charge is 2.16. The number of carbonyl (C=O) groups is 1. The summed E-state index contributed by atoms with van der Waals surface area (Å²) < 4.78 is 4.80. The van der Waals surface area contributed by atoms with Gasteiger partial charge in [0.15, 0.2) is 0 Å². The third-order valence-corrected chi connectivity index (χ3v) is 2.96. The Morgan fingerprint density at radius 1 is 1.25 bits per heavy atom. The van der Waals surface area contributed by atoms with Crippen molar-refractivity contribution in [2.75, 3.05) is 7.11 Å². The van der Waals surface area contributed by atoms with E-state index in [1.165, 1.54) is 38.4 Å². The minimum Gasteiger partial charge on any atom is -0.465 e. The van der Waals surface area contributed by atoms with Crippen LogP contribution in [0.3, 0.4) is 0 Å². The first-order valence-corrected chi connectivity index (χ1v) is 6.27. The number of methoxy groups -OCH3 is 1. The van der Waals surface area contributed by atoms with E-state index in [0.717, 1.165) is 24.8 Å². The molecule has 0 aromatic heterocycles. The van der Waals surface area contributed by atoms with E-state index in [1.807, 2.05) is 6.08 Å². The number of unbranched alkanes of at least 4 members (excludes halogenated alkanes) is 3. The van der Waals surface area contributed by atoms with Gasteiger partial charge in [-0.3, -0.25) is 0 Å². The van der Waals surface area contributed by atoms with Gasteiger partial charge in [0.25, 0.3) is 0 Å². The van der Waals surface area contributed by atoms with Crippen molar-refractivity contribution >= 4 is 5.97 Å². The first-order valence-electron chi connectivity index (χ1n) is 6.27. The average molecular weight is 222 g/mol. The van der Waals surface area contributed by atoms with Crippen LogP contribution >= 0.6 is 0 Å². The lowest BCUT2D eigenvalue weighted by Crippen LogP contribution is -2.09. The summed E-state index contributed by atoms with van der Waals surface area (Å²) in [7, 11) is 1.45. The van der Waals surface area contributed by atoms with E-state index < -0.39 is 0 Å². The average Bonchev–Trinajstić information content (AvgIpc) is 2.34. The molecule has 0 saturated carbocycles. The summed E-state index contributed by atoms with van der Waals surface area (Å²) in [6, 6.07) is 0. The molecule has 2 heteroatoms. The Balaban J connectivity index is 2.46. The largest absolute Gasteiger partial charge is 0.465 e. The fraction of sp³-hybridized carbons (Fsp3) is 0.643. The minimum atomic E-state index is -0.179. The lowest BCUT2D eigenvalue weighted by atomic mass is 9.93. The smallest absolute Gasteiger partial charge is 0.337 e. The molecule has 0 aromatic carbocycles. The van der Waals surface area contributed by atoms with E-state index in [4.69, 9.17) is 4.74 Å². The van der Waals surface area contributed by atoms with Gasteiger partial charge in [-0.15, -0.1) is 0 Å². The van der Waals surface area contributed by atoms with Crippen molar-refractivity contribution in [3.8, 4) is 0 Å². The minimum absolute atomic E-state index is 0.179. The van der Waals surface area contributed by atoms with Crippen LogP contribution in [0.2, 0.25) is 0 Å². The Hall–Kier alpha value is -1.05. The van der Waals surface area contributed by atoms with E-state index in [0.29, 0.717) is 0 Å². The molecule has 1 rings (SSSR count). The molecule has 0 spiro atoms. The number of hydrogen-bond donors (Lipinski definition) is 0. The van der Waals surface area contributed by atoms with Gasteiger partial charge in [0.05, 0.1) is 12.7 Å². The lowest BCUT2D eigenvalue weighted by Gasteiger charge is -2.14. The molecule has 0 N–H and O–H groups in total. The zero-order valence-electron chi connectivity index (χ0n) is 10.4. The van der Waals surface area contributed by atoms with Crippen LogP contribution in [0.15, 0.2) is 23.3 Å². The maximum Gasteiger partial charge on any atom is 0.337 e. The molecule has 0 heterocycles. The first-order chi connectivity index (χ1) is 7.79. The number of ether oxygens (including phenoxy) is 1. The highest BCUT2D eigenvalue weighted by molar-refractivity contribution is 5.93. The summed E-state index contributed by atoms with van der Waals surface area (Å²) in [5.74, 6) is -0.179. The Labute approximate surface area is 98.4 Å². The summed E-state index contributed by atoms with van der Waals surface area (Å²) in [5, 5.41) is 0. The van der Waals surface area contributed by atoms with Crippen molar-refractivity contribution in [1.82, 2.24) is 0 Å². The zero-order valence-corrected chi connectivity index (χ0v) is 10.4. The van der Waals surface area contributed by atoms with Crippen LogP contribution in [0, 0.1) is 0 Å². The second kappa shape index (κ2) is 7.26. The van der Waals surface area contributed by atoms with Crippen molar-refractivity contribution in [2.45, 2.75) is 51.9 Å². The molecule has 0 unspecified atom stereocenters. The Morgan fingerprint density at radius 3 is 2.69 bits per heavy atom. The van der Waals surface area contributed by atoms with Crippen LogP contribution in [0.4, 0.5) is 0 Å². The second-order valence-corrected chi connectivity index (χ2v) is 4.23. The third kappa shape index (κ3) is 3.84. The van der Waals surface area contributed by atoms with Crippen LogP contribution < -0.4 is 0 Å². The van der Waals surface area contributed by atoms with Crippen molar-refractivity contribution in [1.29, 1.82) is 0 Å². The number of rotatable bonds is 6. The van der Waals surface area contributed by atoms with Gasteiger partial charge in [0.1, 0.15) is 0 Å². The fourth-order valence-electron chi connectivity index (χ4n) is 2.03. The number of esters is 1. The molecule has 0 radical (unpaired) electrons. The molecule has 1 aliphatic rings. The van der Waals surface area contributed by atoms with E-state index in [2.05, 4.69) is 13.0 Å². The van der Waals surface area contributed by atoms with Gasteiger partial charge in [-0.25, -0.2) is 4.79 Å². The van der Waals surface area contributed by atoms with Gasteiger partial charge in [0.2, 0.25) is 0 Å². The monoisotopic (exact) mass is 222 g/mol. The van der Waals surface area contributed by atoms with Crippen LogP contribution in [0.5, 0.6) is 0 Å². The molecule has 1 aliphatic carbocycles. The number of hydrogen-bond acceptors (Lipinski definition) is 2. The van der Waals surface area contributed by atoms with Gasteiger partial charge in [-0.05, 0) is 31.3 Å². The van der Waals surface area contributed by atoms with Gasteiger partial charge < -0.3 is 4.74 Å². The SMILES string of the molecule is CCCCCCC1=CCCC=C1C(=O)OC. The quantitative estimate of drug-likeness (QED) is 0.505. The first kappa shape index (κ1) is 13.0. The van der Waals surface area contributed by atoms with Crippen molar-refractivity contribution in [3.63, 3.8) is 0 Å². The van der Waals surface area contributed by atoms with Crippen LogP contribution in [-0.4, -0.2) is 13.1 Å². The number of allylic oxidation sites excluding steroid dienone is 2. The molecule has 0 atom stereocenters. The van der Waals surface area contributed by atoms with Crippen LogP contribution in [0.1, 0.15) is 51.9 Å². The molecular weight excluding hydrogens is 200 g/mol. The highest BCUT2D eigenvalue weighted by Crippen LogP contribution is 2.24. The van der Waals surface area contributed by atoms with Crippen LogP contribution in [-0.2, 0) is 9.53 Å². The molecular formula is C14H22O2. The summed E-state index contributed by atoms with van der Waals surface area (Å²) >= 11 is 0. The van der Waals surface area contributed by atoms with Crippen molar-refractivity contribution in [3.05, 3.63) is 23.3 Å². The molecule has 0 bridgehead atoms. The summed E-state index contributed by atoms with van der Waals surface area (Å²) in [6.45, 7) is 2.21. The normalized spacial score (nSPS) is 15.4. The number of carbonyl (C=O) groups excluding carboxylic acids is 1. The zero-order chi connectivity index (χ0) is 11.8. The molecule has 0 saturated heterocycles. The molecule has 2 nitrogen and oxygen atoms in total. The van der Waals surface area contributed by atoms with E-state index in [9.17, 15) is 4.79 Å². The topological polar surface area (TPSA) is 26.3 Å². The Morgan fingerprint density at radius 2 is 2.00 bits per heavy atom. The predicted molar refractivity (Wildman–Crippen MR) is 66.2 cm³/mol. The van der Waals surface area contributed by atoms with E-state index in [1.54, 1.807) is 0 Å². The van der Waals surface area contributed by atoms with Crippen molar-refractivity contribution < 1.29 is 9.53 Å². The van der Waals surface area contributed by atoms with Gasteiger partial charge in [0, 0.05) is 0 Å². The maximum absolute atomic E-state index is 11.5. The molecule has 0 aliphatic heterocycles. The molecule has 0 fully saturated rings. The van der Waals surface area contributed by atoms with E-state index >= 15 is 0 Å². The van der Waals surface area contributed by atoms with Crippen LogP contribution in [0.25, 0.3) is 0 Å². The third-order valence-electron chi connectivity index (χ3n) is 2.96. The van der Waals surface area contributed by atoms with Crippen molar-refractivity contribution in [2.24, 2.45) is 0 Å². The lowest BCUT2D eigenvalue weighted by molar-refractivity contribution is -0.135. The highest BCUT2D eigenvalue weighted by atomic mass is 16.5. The molecule has 16 heavy (non-hydrogen) atoms. The van der Waals surface area contributed by atoms with Gasteiger partial charge in [-0.1, -0.05) is 38.3 Å². The Kier molecular flexibility index (Phi) is 5.91. The van der Waals surface area contributed by atoms with Gasteiger partial charge >= 0.3 is 5.97 Å². The summed E-state index contributed by atoms with van der Waals surface area (Å²) in [5.41, 5.74) is 1.99. The predicted octanol–water partition coefficient (Wildman–Crippen LogP) is 3.78. The fourth-order valence-corrected chi connectivity index (χ4v) is 2.03. The summed E-state index contributed by atoms with van der Waals surface area (Å²) in [6.07, 6.45) is 12.2. The standard InChI is InChI=1S/C14H22O2/c1-3-4-5-6-9-12-10-7-8-11-13(12)14(15)16-2/h10-11H,3-9H2,1-2H3. The Bertz CT molecular complexity index is 287. The van der Waals surface area contributed by atoms with E-state index in [-0.39, 0.29) is 5.97 Å². The van der Waals surface area contributed by atoms with Gasteiger partial charge in [-0.2, -0.15) is 0 Å².